The number of aromatic hydroxyl groups is 2. The Balaban J connectivity index is 3.35. The van der Waals surface area contributed by atoms with E-state index in [2.05, 4.69) is 5.16 Å². The maximum absolute atomic E-state index is 10.4. The SMILES string of the molecule is O=[N+]([O-])c1cc(/C=N/O)cc(O)c1O. The van der Waals surface area contributed by atoms with Crippen molar-refractivity contribution in [1.82, 2.24) is 0 Å². The number of benzene rings is 1. The summed E-state index contributed by atoms with van der Waals surface area (Å²) in [5.41, 5.74) is -0.547. The molecule has 0 aliphatic heterocycles. The number of nitrogens with zero attached hydrogens (tertiary/aromatic N) is 2. The number of phenolic OH excluding ortho intramolecular Hbond substituents is 2. The number of nitro benzene ring substituents is 1. The van der Waals surface area contributed by atoms with Gasteiger partial charge in [-0.3, -0.25) is 10.1 Å². The van der Waals surface area contributed by atoms with Gasteiger partial charge in [0.15, 0.2) is 5.75 Å². The van der Waals surface area contributed by atoms with Crippen molar-refractivity contribution in [3.63, 3.8) is 0 Å². The Morgan fingerprint density at radius 1 is 1.43 bits per heavy atom. The van der Waals surface area contributed by atoms with Gasteiger partial charge in [0.05, 0.1) is 11.1 Å². The Labute approximate surface area is 77.7 Å². The van der Waals surface area contributed by atoms with E-state index in [1.54, 1.807) is 0 Å². The average Bonchev–Trinajstić information content (AvgIpc) is 2.11. The van der Waals surface area contributed by atoms with Gasteiger partial charge in [-0.05, 0) is 6.07 Å². The summed E-state index contributed by atoms with van der Waals surface area (Å²) in [5.74, 6) is -1.46. The molecule has 0 aliphatic rings. The Bertz CT molecular complexity index is 401. The minimum atomic E-state index is -0.857. The van der Waals surface area contributed by atoms with Crippen LogP contribution in [0, 0.1) is 10.1 Å². The van der Waals surface area contributed by atoms with Crippen LogP contribution in [0.2, 0.25) is 0 Å². The fraction of sp³-hybridized carbons (Fsp3) is 0. The van der Waals surface area contributed by atoms with E-state index in [-0.39, 0.29) is 5.56 Å². The predicted molar refractivity (Wildman–Crippen MR) is 45.8 cm³/mol. The van der Waals surface area contributed by atoms with Crippen molar-refractivity contribution in [3.8, 4) is 11.5 Å². The molecule has 14 heavy (non-hydrogen) atoms. The van der Waals surface area contributed by atoms with Crippen molar-refractivity contribution in [1.29, 1.82) is 0 Å². The molecule has 3 N–H and O–H groups in total. The van der Waals surface area contributed by atoms with E-state index in [4.69, 9.17) is 15.4 Å². The molecule has 0 aromatic heterocycles. The van der Waals surface area contributed by atoms with Crippen LogP contribution in [0.15, 0.2) is 17.3 Å². The number of nitro groups is 1. The van der Waals surface area contributed by atoms with Crippen LogP contribution in [-0.2, 0) is 0 Å². The Morgan fingerprint density at radius 2 is 2.07 bits per heavy atom. The number of hydrogen-bond donors (Lipinski definition) is 3. The van der Waals surface area contributed by atoms with Gasteiger partial charge in [0.25, 0.3) is 0 Å². The zero-order valence-corrected chi connectivity index (χ0v) is 6.78. The first-order valence-corrected chi connectivity index (χ1v) is 3.44. The van der Waals surface area contributed by atoms with Gasteiger partial charge in [0.2, 0.25) is 5.75 Å². The van der Waals surface area contributed by atoms with Gasteiger partial charge in [0, 0.05) is 11.6 Å². The molecule has 7 heteroatoms. The van der Waals surface area contributed by atoms with E-state index in [1.165, 1.54) is 0 Å². The summed E-state index contributed by atoms with van der Waals surface area (Å²) < 4.78 is 0. The Morgan fingerprint density at radius 3 is 2.57 bits per heavy atom. The molecular weight excluding hydrogens is 192 g/mol. The number of phenols is 2. The minimum absolute atomic E-state index is 0.106. The molecule has 0 saturated heterocycles. The number of oxime groups is 1. The highest BCUT2D eigenvalue weighted by molar-refractivity contribution is 5.82. The van der Waals surface area contributed by atoms with Crippen molar-refractivity contribution in [3.05, 3.63) is 27.8 Å². The van der Waals surface area contributed by atoms with Crippen LogP contribution in [0.25, 0.3) is 0 Å². The largest absolute Gasteiger partial charge is 0.504 e. The summed E-state index contributed by atoms with van der Waals surface area (Å²) in [6, 6.07) is 2.00. The molecule has 74 valence electrons. The lowest BCUT2D eigenvalue weighted by Crippen LogP contribution is -1.91. The lowest BCUT2D eigenvalue weighted by atomic mass is 10.2. The smallest absolute Gasteiger partial charge is 0.315 e. The third kappa shape index (κ3) is 1.71. The highest BCUT2D eigenvalue weighted by atomic mass is 16.6. The lowest BCUT2D eigenvalue weighted by Gasteiger charge is -1.99. The monoisotopic (exact) mass is 198 g/mol. The van der Waals surface area contributed by atoms with Gasteiger partial charge < -0.3 is 15.4 Å². The summed E-state index contributed by atoms with van der Waals surface area (Å²) >= 11 is 0. The fourth-order valence-electron chi connectivity index (χ4n) is 0.906. The molecule has 0 spiro atoms. The van der Waals surface area contributed by atoms with Gasteiger partial charge >= 0.3 is 5.69 Å². The van der Waals surface area contributed by atoms with Gasteiger partial charge in [0.1, 0.15) is 0 Å². The van der Waals surface area contributed by atoms with Crippen LogP contribution in [0.1, 0.15) is 5.56 Å². The Kier molecular flexibility index (Phi) is 2.52. The molecule has 0 atom stereocenters. The number of rotatable bonds is 2. The van der Waals surface area contributed by atoms with Crippen molar-refractivity contribution in [2.24, 2.45) is 5.16 Å². The maximum atomic E-state index is 10.4. The quantitative estimate of drug-likeness (QED) is 0.214. The van der Waals surface area contributed by atoms with Gasteiger partial charge in [-0.25, -0.2) is 0 Å². The molecular formula is C7H6N2O5. The standard InChI is InChI=1S/C7H6N2O5/c10-6-2-4(3-8-12)1-5(7(6)11)9(13)14/h1-3,10-12H/b8-3+. The molecule has 0 unspecified atom stereocenters. The highest BCUT2D eigenvalue weighted by Crippen LogP contribution is 2.35. The Hall–Kier alpha value is -2.31. The second-order valence-electron chi connectivity index (χ2n) is 2.41. The van der Waals surface area contributed by atoms with Crippen molar-refractivity contribution < 1.29 is 20.3 Å². The van der Waals surface area contributed by atoms with E-state index in [0.717, 1.165) is 18.3 Å². The zero-order valence-electron chi connectivity index (χ0n) is 6.78. The molecule has 0 saturated carbocycles. The molecule has 0 aliphatic carbocycles. The molecule has 1 rings (SSSR count). The lowest BCUT2D eigenvalue weighted by molar-refractivity contribution is -0.386. The van der Waals surface area contributed by atoms with E-state index < -0.39 is 22.1 Å². The van der Waals surface area contributed by atoms with Crippen molar-refractivity contribution in [2.45, 2.75) is 0 Å². The van der Waals surface area contributed by atoms with Crippen molar-refractivity contribution in [2.75, 3.05) is 0 Å². The zero-order chi connectivity index (χ0) is 10.7. The summed E-state index contributed by atoms with van der Waals surface area (Å²) in [7, 11) is 0. The summed E-state index contributed by atoms with van der Waals surface area (Å²) in [4.78, 5) is 9.50. The molecule has 0 fully saturated rings. The molecule has 1 aromatic rings. The van der Waals surface area contributed by atoms with Crippen LogP contribution in [0.4, 0.5) is 5.69 Å². The van der Waals surface area contributed by atoms with E-state index in [0.29, 0.717) is 0 Å². The van der Waals surface area contributed by atoms with E-state index in [1.807, 2.05) is 0 Å². The first kappa shape index (κ1) is 9.78. The number of hydrogen-bond acceptors (Lipinski definition) is 6. The van der Waals surface area contributed by atoms with Crippen LogP contribution < -0.4 is 0 Å². The topological polar surface area (TPSA) is 116 Å². The second kappa shape index (κ2) is 3.60. The third-order valence-electron chi connectivity index (χ3n) is 1.50. The highest BCUT2D eigenvalue weighted by Gasteiger charge is 2.18. The predicted octanol–water partition coefficient (Wildman–Crippen LogP) is 0.814. The van der Waals surface area contributed by atoms with Crippen molar-refractivity contribution >= 4 is 11.9 Å². The summed E-state index contributed by atoms with van der Waals surface area (Å²) in [5, 5.41) is 39.3. The van der Waals surface area contributed by atoms with E-state index in [9.17, 15) is 10.1 Å². The molecule has 0 radical (unpaired) electrons. The average molecular weight is 198 g/mol. The second-order valence-corrected chi connectivity index (χ2v) is 2.41. The van der Waals surface area contributed by atoms with Gasteiger partial charge in [-0.15, -0.1) is 0 Å². The van der Waals surface area contributed by atoms with Crippen LogP contribution >= 0.6 is 0 Å². The third-order valence-corrected chi connectivity index (χ3v) is 1.50. The first-order chi connectivity index (χ1) is 6.56. The molecule has 0 bridgehead atoms. The first-order valence-electron chi connectivity index (χ1n) is 3.44. The fourth-order valence-corrected chi connectivity index (χ4v) is 0.906. The summed E-state index contributed by atoms with van der Waals surface area (Å²) in [6.07, 6.45) is 0.895. The van der Waals surface area contributed by atoms with E-state index >= 15 is 0 Å². The van der Waals surface area contributed by atoms with Gasteiger partial charge in [-0.2, -0.15) is 0 Å². The van der Waals surface area contributed by atoms with Crippen LogP contribution in [-0.4, -0.2) is 26.6 Å². The molecule has 1 aromatic carbocycles. The molecule has 0 heterocycles. The van der Waals surface area contributed by atoms with Crippen LogP contribution in [0.5, 0.6) is 11.5 Å². The normalized spacial score (nSPS) is 10.6. The maximum Gasteiger partial charge on any atom is 0.315 e. The van der Waals surface area contributed by atoms with Gasteiger partial charge in [-0.1, -0.05) is 5.16 Å². The minimum Gasteiger partial charge on any atom is -0.504 e. The summed E-state index contributed by atoms with van der Waals surface area (Å²) in [6.45, 7) is 0. The van der Waals surface area contributed by atoms with Crippen LogP contribution in [0.3, 0.4) is 0 Å². The molecule has 0 amide bonds. The molecule has 7 nitrogen and oxygen atoms in total.